The van der Waals surface area contributed by atoms with Crippen molar-refractivity contribution in [1.82, 2.24) is 4.31 Å². The molecule has 2 aliphatic rings. The van der Waals surface area contributed by atoms with Gasteiger partial charge in [-0.1, -0.05) is 24.8 Å². The molecule has 5 rings (SSSR count). The number of amides is 1. The number of allylic oxidation sites excluding steroid dienone is 1. The van der Waals surface area contributed by atoms with Gasteiger partial charge in [0, 0.05) is 31.4 Å². The molecule has 3 heterocycles. The first-order chi connectivity index (χ1) is 17.3. The van der Waals surface area contributed by atoms with Crippen molar-refractivity contribution in [2.75, 3.05) is 42.6 Å². The van der Waals surface area contributed by atoms with Gasteiger partial charge in [0.05, 0.1) is 35.7 Å². The van der Waals surface area contributed by atoms with E-state index < -0.39 is 10.0 Å². The van der Waals surface area contributed by atoms with Crippen LogP contribution in [0.1, 0.15) is 24.4 Å². The lowest BCUT2D eigenvalue weighted by Gasteiger charge is -2.42. The van der Waals surface area contributed by atoms with Crippen LogP contribution in [0.2, 0.25) is 0 Å². The van der Waals surface area contributed by atoms with Gasteiger partial charge in [-0.3, -0.25) is 4.79 Å². The monoisotopic (exact) mass is 507 g/mol. The summed E-state index contributed by atoms with van der Waals surface area (Å²) in [5.74, 6) is 0.0681. The fourth-order valence-corrected chi connectivity index (χ4v) is 6.28. The van der Waals surface area contributed by atoms with Gasteiger partial charge in [-0.05, 0) is 61.4 Å². The average molecular weight is 508 g/mol. The maximum absolute atomic E-state index is 13.3. The van der Waals surface area contributed by atoms with E-state index in [0.29, 0.717) is 32.8 Å². The summed E-state index contributed by atoms with van der Waals surface area (Å²) in [6.07, 6.45) is 1.49. The Hall–Kier alpha value is -3.40. The second-order valence-electron chi connectivity index (χ2n) is 9.09. The highest BCUT2D eigenvalue weighted by molar-refractivity contribution is 7.89. The zero-order valence-electron chi connectivity index (χ0n) is 20.4. The third kappa shape index (κ3) is 4.34. The zero-order valence-corrected chi connectivity index (χ0v) is 21.2. The number of rotatable bonds is 5. The number of carbonyl (C=O) groups excluding carboxylic acids is 1. The Bertz CT molecular complexity index is 1380. The number of benzene rings is 2. The van der Waals surface area contributed by atoms with Gasteiger partial charge in [0.15, 0.2) is 5.76 Å². The largest absolute Gasteiger partial charge is 0.459 e. The molecule has 1 saturated heterocycles. The highest BCUT2D eigenvalue weighted by Crippen LogP contribution is 2.41. The van der Waals surface area contributed by atoms with Crippen molar-refractivity contribution in [1.29, 1.82) is 0 Å². The first-order valence-corrected chi connectivity index (χ1v) is 13.3. The molecule has 0 saturated carbocycles. The zero-order chi connectivity index (χ0) is 25.4. The summed E-state index contributed by atoms with van der Waals surface area (Å²) in [4.78, 5) is 17.4. The number of carbonyl (C=O) groups is 1. The van der Waals surface area contributed by atoms with Crippen LogP contribution in [0, 0.1) is 0 Å². The summed E-state index contributed by atoms with van der Waals surface area (Å²) in [7, 11) is -3.57. The van der Waals surface area contributed by atoms with Gasteiger partial charge >= 0.3 is 0 Å². The molecular weight excluding hydrogens is 478 g/mol. The van der Waals surface area contributed by atoms with Gasteiger partial charge < -0.3 is 19.0 Å². The number of hydrogen-bond acceptors (Lipinski definition) is 6. The standard InChI is InChI=1S/C27H29N3O5S/c1-19(2)30-20(3)18-29(27(31)26-5-4-14-35-26)25-17-22(8-11-24(25)30)21-6-9-23(10-7-21)36(32,33)28-12-15-34-16-13-28/h4-11,14,17,20H,1,12-13,15-16,18H2,2-3H3/t20-/m0/s1. The quantitative estimate of drug-likeness (QED) is 0.511. The molecule has 2 aliphatic heterocycles. The Kier molecular flexibility index (Phi) is 6.46. The highest BCUT2D eigenvalue weighted by atomic mass is 32.2. The molecule has 0 unspecified atom stereocenters. The van der Waals surface area contributed by atoms with Crippen LogP contribution in [0.4, 0.5) is 11.4 Å². The normalized spacial score (nSPS) is 18.7. The molecule has 188 valence electrons. The minimum Gasteiger partial charge on any atom is -0.459 e. The molecule has 0 spiro atoms. The van der Waals surface area contributed by atoms with Gasteiger partial charge in [0.25, 0.3) is 5.91 Å². The lowest BCUT2D eigenvalue weighted by molar-refractivity contribution is 0.0730. The van der Waals surface area contributed by atoms with Crippen LogP contribution >= 0.6 is 0 Å². The molecule has 1 amide bonds. The van der Waals surface area contributed by atoms with Crippen molar-refractivity contribution < 1.29 is 22.4 Å². The maximum Gasteiger partial charge on any atom is 0.294 e. The summed E-state index contributed by atoms with van der Waals surface area (Å²) in [5.41, 5.74) is 4.25. The lowest BCUT2D eigenvalue weighted by Crippen LogP contribution is -2.48. The molecule has 0 aliphatic carbocycles. The fourth-order valence-electron chi connectivity index (χ4n) is 4.87. The van der Waals surface area contributed by atoms with Gasteiger partial charge in [-0.2, -0.15) is 4.31 Å². The van der Waals surface area contributed by atoms with E-state index in [9.17, 15) is 13.2 Å². The van der Waals surface area contributed by atoms with E-state index in [1.54, 1.807) is 41.3 Å². The predicted molar refractivity (Wildman–Crippen MR) is 139 cm³/mol. The average Bonchev–Trinajstić information content (AvgIpc) is 3.43. The smallest absolute Gasteiger partial charge is 0.294 e. The van der Waals surface area contributed by atoms with E-state index in [0.717, 1.165) is 28.2 Å². The molecule has 0 N–H and O–H groups in total. The number of nitrogens with zero attached hydrogens (tertiary/aromatic N) is 3. The molecule has 1 aromatic heterocycles. The van der Waals surface area contributed by atoms with Crippen LogP contribution in [-0.2, 0) is 14.8 Å². The maximum atomic E-state index is 13.3. The number of ether oxygens (including phenoxy) is 1. The molecule has 0 radical (unpaired) electrons. The van der Waals surface area contributed by atoms with Crippen LogP contribution in [0.5, 0.6) is 0 Å². The van der Waals surface area contributed by atoms with Crippen molar-refractivity contribution in [3.63, 3.8) is 0 Å². The summed E-state index contributed by atoms with van der Waals surface area (Å²) in [5, 5.41) is 0. The van der Waals surface area contributed by atoms with Crippen molar-refractivity contribution in [3.8, 4) is 11.1 Å². The number of fused-ring (bicyclic) bond motifs is 1. The number of morpholine rings is 1. The second-order valence-corrected chi connectivity index (χ2v) is 11.0. The van der Waals surface area contributed by atoms with E-state index in [1.807, 2.05) is 25.1 Å². The SMILES string of the molecule is C=C(C)N1c2ccc(-c3ccc(S(=O)(=O)N4CCOCC4)cc3)cc2N(C(=O)c2ccco2)C[C@@H]1C. The molecule has 2 aromatic carbocycles. The summed E-state index contributed by atoms with van der Waals surface area (Å²) >= 11 is 0. The molecule has 36 heavy (non-hydrogen) atoms. The Labute approximate surface area is 211 Å². The van der Waals surface area contributed by atoms with Crippen molar-refractivity contribution in [2.45, 2.75) is 24.8 Å². The molecule has 3 aromatic rings. The van der Waals surface area contributed by atoms with E-state index in [4.69, 9.17) is 9.15 Å². The predicted octanol–water partition coefficient (Wildman–Crippen LogP) is 4.36. The molecule has 1 atom stereocenters. The van der Waals surface area contributed by atoms with Crippen molar-refractivity contribution in [3.05, 3.63) is 78.9 Å². The summed E-state index contributed by atoms with van der Waals surface area (Å²) < 4.78 is 38.1. The van der Waals surface area contributed by atoms with Crippen LogP contribution in [0.3, 0.4) is 0 Å². The fraction of sp³-hybridized carbons (Fsp3) is 0.296. The molecule has 9 heteroatoms. The minimum atomic E-state index is -3.57. The Morgan fingerprint density at radius 3 is 2.33 bits per heavy atom. The van der Waals surface area contributed by atoms with E-state index in [2.05, 4.69) is 18.4 Å². The Balaban J connectivity index is 1.51. The van der Waals surface area contributed by atoms with E-state index in [1.165, 1.54) is 10.6 Å². The van der Waals surface area contributed by atoms with Crippen LogP contribution in [-0.4, -0.2) is 57.5 Å². The van der Waals surface area contributed by atoms with Crippen molar-refractivity contribution in [2.24, 2.45) is 0 Å². The highest BCUT2D eigenvalue weighted by Gasteiger charge is 2.33. The molecule has 8 nitrogen and oxygen atoms in total. The summed E-state index contributed by atoms with van der Waals surface area (Å²) in [6.45, 7) is 10.1. The number of anilines is 2. The number of sulfonamides is 1. The first-order valence-electron chi connectivity index (χ1n) is 11.9. The van der Waals surface area contributed by atoms with Crippen LogP contribution in [0.25, 0.3) is 11.1 Å². The van der Waals surface area contributed by atoms with Crippen molar-refractivity contribution >= 4 is 27.3 Å². The van der Waals surface area contributed by atoms with Crippen LogP contribution < -0.4 is 9.80 Å². The molecule has 1 fully saturated rings. The van der Waals surface area contributed by atoms with Crippen LogP contribution in [0.15, 0.2) is 82.4 Å². The van der Waals surface area contributed by atoms with E-state index in [-0.39, 0.29) is 22.6 Å². The van der Waals surface area contributed by atoms with Gasteiger partial charge in [-0.15, -0.1) is 0 Å². The number of hydrogen-bond donors (Lipinski definition) is 0. The van der Waals surface area contributed by atoms with E-state index >= 15 is 0 Å². The topological polar surface area (TPSA) is 83.3 Å². The second kappa shape index (κ2) is 9.57. The minimum absolute atomic E-state index is 0.0319. The lowest BCUT2D eigenvalue weighted by atomic mass is 10.00. The van der Waals surface area contributed by atoms with Gasteiger partial charge in [-0.25, -0.2) is 8.42 Å². The molecule has 0 bridgehead atoms. The summed E-state index contributed by atoms with van der Waals surface area (Å²) in [6, 6.07) is 16.2. The third-order valence-corrected chi connectivity index (χ3v) is 8.51. The Morgan fingerprint density at radius 1 is 1.00 bits per heavy atom. The van der Waals surface area contributed by atoms with Gasteiger partial charge in [0.2, 0.25) is 10.0 Å². The third-order valence-electron chi connectivity index (χ3n) is 6.60. The van der Waals surface area contributed by atoms with Gasteiger partial charge in [0.1, 0.15) is 0 Å². The first kappa shape index (κ1) is 24.3. The number of furan rings is 1. The molecular formula is C27H29N3O5S. The Morgan fingerprint density at radius 2 is 1.69 bits per heavy atom.